The van der Waals surface area contributed by atoms with Gasteiger partial charge in [-0.15, -0.1) is 0 Å². The van der Waals surface area contributed by atoms with E-state index < -0.39 is 0 Å². The Labute approximate surface area is 128 Å². The quantitative estimate of drug-likeness (QED) is 0.448. The summed E-state index contributed by atoms with van der Waals surface area (Å²) in [7, 11) is 0. The maximum absolute atomic E-state index is 11.8. The summed E-state index contributed by atoms with van der Waals surface area (Å²) in [5.74, 6) is 0.483. The Hall–Kier alpha value is -1.44. The Kier molecular flexibility index (Phi) is 7.96. The van der Waals surface area contributed by atoms with Gasteiger partial charge in [0.1, 0.15) is 5.78 Å². The van der Waals surface area contributed by atoms with Crippen molar-refractivity contribution in [2.24, 2.45) is 5.92 Å². The van der Waals surface area contributed by atoms with Crippen LogP contribution in [0.4, 0.5) is 0 Å². The predicted octanol–water partition coefficient (Wildman–Crippen LogP) is 5.00. The normalized spacial score (nSPS) is 12.1. The number of hydrogen-bond donors (Lipinski definition) is 0. The second-order valence-corrected chi connectivity index (χ2v) is 5.97. The molecule has 2 heteroatoms. The molecule has 0 bridgehead atoms. The minimum Gasteiger partial charge on any atom is -0.300 e. The summed E-state index contributed by atoms with van der Waals surface area (Å²) in [6.45, 7) is 5.48. The highest BCUT2D eigenvalue weighted by molar-refractivity contribution is 5.94. The van der Waals surface area contributed by atoms with Crippen molar-refractivity contribution < 1.29 is 9.59 Å². The second-order valence-electron chi connectivity index (χ2n) is 5.97. The summed E-state index contributed by atoms with van der Waals surface area (Å²) in [5.41, 5.74) is 1.88. The summed E-state index contributed by atoms with van der Waals surface area (Å²) >= 11 is 0. The minimum absolute atomic E-state index is 0.0839. The van der Waals surface area contributed by atoms with Gasteiger partial charge < -0.3 is 0 Å². The molecule has 0 heterocycles. The van der Waals surface area contributed by atoms with Gasteiger partial charge in [-0.05, 0) is 32.3 Å². The Morgan fingerprint density at radius 3 is 2.10 bits per heavy atom. The average Bonchev–Trinajstić information content (AvgIpc) is 2.46. The van der Waals surface area contributed by atoms with E-state index in [1.165, 1.54) is 25.7 Å². The van der Waals surface area contributed by atoms with E-state index in [1.807, 2.05) is 24.3 Å². The molecule has 0 aliphatic heterocycles. The SMILES string of the molecule is CCCCCCCC(Cc1ccc(C(C)=O)cc1)C(C)=O. The highest BCUT2D eigenvalue weighted by Gasteiger charge is 2.14. The number of unbranched alkanes of at least 4 members (excludes halogenated alkanes) is 4. The molecule has 1 aromatic carbocycles. The zero-order chi connectivity index (χ0) is 15.7. The third kappa shape index (κ3) is 6.70. The van der Waals surface area contributed by atoms with Gasteiger partial charge in [0.2, 0.25) is 0 Å². The number of benzene rings is 1. The van der Waals surface area contributed by atoms with Crippen molar-refractivity contribution in [2.75, 3.05) is 0 Å². The molecule has 0 saturated heterocycles. The van der Waals surface area contributed by atoms with Crippen LogP contribution in [0.2, 0.25) is 0 Å². The Morgan fingerprint density at radius 2 is 1.57 bits per heavy atom. The number of Topliss-reactive ketones (excluding diaryl/α,β-unsaturated/α-hetero) is 2. The monoisotopic (exact) mass is 288 g/mol. The van der Waals surface area contributed by atoms with Gasteiger partial charge in [-0.3, -0.25) is 9.59 Å². The lowest BCUT2D eigenvalue weighted by Gasteiger charge is -2.14. The van der Waals surface area contributed by atoms with E-state index in [2.05, 4.69) is 6.92 Å². The van der Waals surface area contributed by atoms with Crippen LogP contribution in [0.15, 0.2) is 24.3 Å². The molecule has 0 amide bonds. The first kappa shape index (κ1) is 17.6. The van der Waals surface area contributed by atoms with Crippen LogP contribution in [0.3, 0.4) is 0 Å². The second kappa shape index (κ2) is 9.49. The van der Waals surface area contributed by atoms with Gasteiger partial charge in [-0.2, -0.15) is 0 Å². The van der Waals surface area contributed by atoms with Crippen LogP contribution >= 0.6 is 0 Å². The van der Waals surface area contributed by atoms with Crippen molar-refractivity contribution in [3.8, 4) is 0 Å². The lowest BCUT2D eigenvalue weighted by molar-refractivity contribution is -0.120. The molecule has 1 unspecified atom stereocenters. The summed E-state index contributed by atoms with van der Waals surface area (Å²) < 4.78 is 0. The average molecular weight is 288 g/mol. The Morgan fingerprint density at radius 1 is 0.952 bits per heavy atom. The fourth-order valence-electron chi connectivity index (χ4n) is 2.60. The number of carbonyl (C=O) groups is 2. The van der Waals surface area contributed by atoms with E-state index in [0.717, 1.165) is 30.4 Å². The van der Waals surface area contributed by atoms with Crippen LogP contribution in [0.25, 0.3) is 0 Å². The lowest BCUT2D eigenvalue weighted by atomic mass is 9.90. The largest absolute Gasteiger partial charge is 0.300 e. The van der Waals surface area contributed by atoms with Crippen LogP contribution in [0, 0.1) is 5.92 Å². The topological polar surface area (TPSA) is 34.1 Å². The zero-order valence-electron chi connectivity index (χ0n) is 13.7. The van der Waals surface area contributed by atoms with Crippen molar-refractivity contribution in [3.05, 3.63) is 35.4 Å². The molecule has 0 aliphatic rings. The molecule has 1 aromatic rings. The zero-order valence-corrected chi connectivity index (χ0v) is 13.7. The molecule has 0 spiro atoms. The molecule has 0 fully saturated rings. The minimum atomic E-state index is 0.0839. The molecule has 116 valence electrons. The van der Waals surface area contributed by atoms with E-state index in [9.17, 15) is 9.59 Å². The van der Waals surface area contributed by atoms with Crippen LogP contribution in [0.1, 0.15) is 75.2 Å². The van der Waals surface area contributed by atoms with Crippen molar-refractivity contribution in [1.82, 2.24) is 0 Å². The maximum Gasteiger partial charge on any atom is 0.159 e. The number of carbonyl (C=O) groups excluding carboxylic acids is 2. The molecule has 0 N–H and O–H groups in total. The lowest BCUT2D eigenvalue weighted by Crippen LogP contribution is -2.14. The number of hydrogen-bond acceptors (Lipinski definition) is 2. The molecule has 0 aromatic heterocycles. The van der Waals surface area contributed by atoms with Gasteiger partial charge in [0.25, 0.3) is 0 Å². The molecule has 0 aliphatic carbocycles. The van der Waals surface area contributed by atoms with E-state index in [0.29, 0.717) is 0 Å². The third-order valence-electron chi connectivity index (χ3n) is 4.07. The van der Waals surface area contributed by atoms with E-state index >= 15 is 0 Å². The van der Waals surface area contributed by atoms with Crippen molar-refractivity contribution >= 4 is 11.6 Å². The van der Waals surface area contributed by atoms with Crippen molar-refractivity contribution in [1.29, 1.82) is 0 Å². The van der Waals surface area contributed by atoms with Gasteiger partial charge in [0, 0.05) is 11.5 Å². The first-order valence-electron chi connectivity index (χ1n) is 8.15. The van der Waals surface area contributed by atoms with Crippen LogP contribution in [-0.4, -0.2) is 11.6 Å². The number of ketones is 2. The Balaban J connectivity index is 2.49. The molecule has 2 nitrogen and oxygen atoms in total. The van der Waals surface area contributed by atoms with Crippen LogP contribution in [0.5, 0.6) is 0 Å². The molecule has 0 radical (unpaired) electrons. The predicted molar refractivity (Wildman–Crippen MR) is 87.7 cm³/mol. The summed E-state index contributed by atoms with van der Waals surface area (Å²) in [6.07, 6.45) is 7.94. The van der Waals surface area contributed by atoms with Crippen molar-refractivity contribution in [3.63, 3.8) is 0 Å². The number of rotatable bonds is 10. The first-order valence-corrected chi connectivity index (χ1v) is 8.15. The van der Waals surface area contributed by atoms with Crippen LogP contribution in [-0.2, 0) is 11.2 Å². The fraction of sp³-hybridized carbons (Fsp3) is 0.579. The molecule has 0 saturated carbocycles. The molecule has 1 atom stereocenters. The standard InChI is InChI=1S/C19H28O2/c1-4-5-6-7-8-9-19(16(3)21)14-17-10-12-18(13-11-17)15(2)20/h10-13,19H,4-9,14H2,1-3H3. The van der Waals surface area contributed by atoms with E-state index in [1.54, 1.807) is 13.8 Å². The van der Waals surface area contributed by atoms with Gasteiger partial charge in [-0.25, -0.2) is 0 Å². The summed E-state index contributed by atoms with van der Waals surface area (Å²) in [6, 6.07) is 7.67. The van der Waals surface area contributed by atoms with Gasteiger partial charge in [0.05, 0.1) is 0 Å². The van der Waals surface area contributed by atoms with E-state index in [4.69, 9.17) is 0 Å². The molecular formula is C19H28O2. The van der Waals surface area contributed by atoms with Crippen LogP contribution < -0.4 is 0 Å². The molecule has 21 heavy (non-hydrogen) atoms. The smallest absolute Gasteiger partial charge is 0.159 e. The fourth-order valence-corrected chi connectivity index (χ4v) is 2.60. The maximum atomic E-state index is 11.8. The first-order chi connectivity index (χ1) is 10.0. The summed E-state index contributed by atoms with van der Waals surface area (Å²) in [4.78, 5) is 23.0. The molecular weight excluding hydrogens is 260 g/mol. The highest BCUT2D eigenvalue weighted by atomic mass is 16.1. The van der Waals surface area contributed by atoms with Crippen molar-refractivity contribution in [2.45, 2.75) is 65.7 Å². The highest BCUT2D eigenvalue weighted by Crippen LogP contribution is 2.18. The van der Waals surface area contributed by atoms with E-state index in [-0.39, 0.29) is 17.5 Å². The third-order valence-corrected chi connectivity index (χ3v) is 4.07. The van der Waals surface area contributed by atoms with Gasteiger partial charge >= 0.3 is 0 Å². The summed E-state index contributed by atoms with van der Waals surface area (Å²) in [5, 5.41) is 0. The van der Waals surface area contributed by atoms with Gasteiger partial charge in [-0.1, -0.05) is 63.3 Å². The Bertz CT molecular complexity index is 445. The molecule has 1 rings (SSSR count). The van der Waals surface area contributed by atoms with Gasteiger partial charge in [0.15, 0.2) is 5.78 Å².